The fourth-order valence-electron chi connectivity index (χ4n) is 2.15. The fraction of sp³-hybridized carbons (Fsp3) is 0.375. The molecular weight excluding hydrogens is 250 g/mol. The molecule has 1 heterocycles. The van der Waals surface area contributed by atoms with Gasteiger partial charge in [0, 0.05) is 25.8 Å². The Labute approximate surface area is 120 Å². The summed E-state index contributed by atoms with van der Waals surface area (Å²) >= 11 is 0. The zero-order valence-corrected chi connectivity index (χ0v) is 11.9. The molecule has 0 aliphatic rings. The summed E-state index contributed by atoms with van der Waals surface area (Å²) in [6.07, 6.45) is 6.76. The standard InChI is InChI=1S/C16H21N3O/c1-2-16-12-18(13-17-16)9-6-10-19(14-20)11-15-7-4-3-5-8-15/h3-5,7-8,12-14H,2,6,9-11H2,1H3. The molecule has 4 heteroatoms. The van der Waals surface area contributed by atoms with Crippen molar-refractivity contribution in [3.63, 3.8) is 0 Å². The molecule has 1 aromatic heterocycles. The van der Waals surface area contributed by atoms with Gasteiger partial charge < -0.3 is 9.47 Å². The number of carbonyl (C=O) groups excluding carboxylic acids is 1. The quantitative estimate of drug-likeness (QED) is 0.692. The molecular formula is C16H21N3O. The van der Waals surface area contributed by atoms with E-state index >= 15 is 0 Å². The van der Waals surface area contributed by atoms with Crippen LogP contribution in [0.1, 0.15) is 24.6 Å². The molecule has 20 heavy (non-hydrogen) atoms. The van der Waals surface area contributed by atoms with Gasteiger partial charge in [0.05, 0.1) is 12.0 Å². The molecule has 2 aromatic rings. The van der Waals surface area contributed by atoms with Gasteiger partial charge in [-0.2, -0.15) is 0 Å². The van der Waals surface area contributed by atoms with E-state index in [1.165, 1.54) is 0 Å². The van der Waals surface area contributed by atoms with Crippen molar-refractivity contribution in [2.75, 3.05) is 6.54 Å². The summed E-state index contributed by atoms with van der Waals surface area (Å²) < 4.78 is 2.09. The second-order valence-electron chi connectivity index (χ2n) is 4.87. The van der Waals surface area contributed by atoms with Gasteiger partial charge in [-0.15, -0.1) is 0 Å². The van der Waals surface area contributed by atoms with Crippen LogP contribution in [0.15, 0.2) is 42.9 Å². The van der Waals surface area contributed by atoms with Crippen molar-refractivity contribution < 1.29 is 4.79 Å². The molecule has 0 bridgehead atoms. The van der Waals surface area contributed by atoms with Crippen molar-refractivity contribution in [1.29, 1.82) is 0 Å². The Hall–Kier alpha value is -2.10. The van der Waals surface area contributed by atoms with Crippen LogP contribution in [0.3, 0.4) is 0 Å². The maximum absolute atomic E-state index is 11.1. The van der Waals surface area contributed by atoms with Crippen LogP contribution in [0.25, 0.3) is 0 Å². The van der Waals surface area contributed by atoms with Gasteiger partial charge in [-0.3, -0.25) is 4.79 Å². The maximum Gasteiger partial charge on any atom is 0.210 e. The van der Waals surface area contributed by atoms with Crippen molar-refractivity contribution in [1.82, 2.24) is 14.5 Å². The summed E-state index contributed by atoms with van der Waals surface area (Å²) in [5.74, 6) is 0. The van der Waals surface area contributed by atoms with Gasteiger partial charge in [-0.1, -0.05) is 37.3 Å². The van der Waals surface area contributed by atoms with Crippen molar-refractivity contribution in [2.24, 2.45) is 0 Å². The Morgan fingerprint density at radius 3 is 2.75 bits per heavy atom. The van der Waals surface area contributed by atoms with Crippen molar-refractivity contribution >= 4 is 6.41 Å². The summed E-state index contributed by atoms with van der Waals surface area (Å²) in [6, 6.07) is 10.1. The predicted molar refractivity (Wildman–Crippen MR) is 79.1 cm³/mol. The van der Waals surface area contributed by atoms with Crippen LogP contribution in [0.4, 0.5) is 0 Å². The van der Waals surface area contributed by atoms with Crippen LogP contribution in [0, 0.1) is 0 Å². The largest absolute Gasteiger partial charge is 0.341 e. The molecule has 0 saturated carbocycles. The molecule has 0 fully saturated rings. The van der Waals surface area contributed by atoms with Gasteiger partial charge in [0.1, 0.15) is 0 Å². The van der Waals surface area contributed by atoms with E-state index in [-0.39, 0.29) is 0 Å². The van der Waals surface area contributed by atoms with E-state index in [0.717, 1.165) is 43.6 Å². The molecule has 0 aliphatic heterocycles. The molecule has 0 unspecified atom stereocenters. The molecule has 106 valence electrons. The second kappa shape index (κ2) is 7.48. The normalized spacial score (nSPS) is 10.4. The first-order chi connectivity index (χ1) is 9.81. The number of imidazole rings is 1. The minimum atomic E-state index is 0.675. The molecule has 0 radical (unpaired) electrons. The number of benzene rings is 1. The van der Waals surface area contributed by atoms with Gasteiger partial charge in [0.2, 0.25) is 6.41 Å². The number of amides is 1. The predicted octanol–water partition coefficient (Wildman–Crippen LogP) is 2.49. The topological polar surface area (TPSA) is 38.1 Å². The number of hydrogen-bond donors (Lipinski definition) is 0. The molecule has 4 nitrogen and oxygen atoms in total. The lowest BCUT2D eigenvalue weighted by molar-refractivity contribution is -0.118. The highest BCUT2D eigenvalue weighted by atomic mass is 16.1. The smallest absolute Gasteiger partial charge is 0.210 e. The minimum absolute atomic E-state index is 0.675. The van der Waals surface area contributed by atoms with Gasteiger partial charge in [0.25, 0.3) is 0 Å². The molecule has 0 aliphatic carbocycles. The number of nitrogens with zero attached hydrogens (tertiary/aromatic N) is 3. The molecule has 0 saturated heterocycles. The lowest BCUT2D eigenvalue weighted by Crippen LogP contribution is -2.23. The van der Waals surface area contributed by atoms with E-state index in [1.54, 1.807) is 0 Å². The Bertz CT molecular complexity index is 522. The van der Waals surface area contributed by atoms with Gasteiger partial charge in [-0.05, 0) is 18.4 Å². The van der Waals surface area contributed by atoms with Gasteiger partial charge >= 0.3 is 0 Å². The summed E-state index contributed by atoms with van der Waals surface area (Å²) in [5, 5.41) is 0. The highest BCUT2D eigenvalue weighted by Gasteiger charge is 2.03. The highest BCUT2D eigenvalue weighted by Crippen LogP contribution is 2.04. The summed E-state index contributed by atoms with van der Waals surface area (Å²) in [6.45, 7) is 4.43. The first-order valence-electron chi connectivity index (χ1n) is 7.05. The Morgan fingerprint density at radius 1 is 1.30 bits per heavy atom. The third-order valence-electron chi connectivity index (χ3n) is 3.29. The molecule has 0 atom stereocenters. The third-order valence-corrected chi connectivity index (χ3v) is 3.29. The highest BCUT2D eigenvalue weighted by molar-refractivity contribution is 5.47. The number of rotatable bonds is 8. The summed E-state index contributed by atoms with van der Waals surface area (Å²) in [5.41, 5.74) is 2.28. The van der Waals surface area contributed by atoms with Crippen LogP contribution < -0.4 is 0 Å². The third kappa shape index (κ3) is 4.23. The van der Waals surface area contributed by atoms with Crippen molar-refractivity contribution in [2.45, 2.75) is 32.9 Å². The van der Waals surface area contributed by atoms with Crippen molar-refractivity contribution in [3.8, 4) is 0 Å². The number of aryl methyl sites for hydroxylation is 2. The fourth-order valence-corrected chi connectivity index (χ4v) is 2.15. The van der Waals surface area contributed by atoms with Gasteiger partial charge in [0.15, 0.2) is 0 Å². The lowest BCUT2D eigenvalue weighted by atomic mass is 10.2. The maximum atomic E-state index is 11.1. The molecule has 1 aromatic carbocycles. The first-order valence-corrected chi connectivity index (χ1v) is 7.05. The van der Waals surface area contributed by atoms with E-state index in [0.29, 0.717) is 6.54 Å². The average Bonchev–Trinajstić information content (AvgIpc) is 2.95. The zero-order chi connectivity index (χ0) is 14.2. The Kier molecular flexibility index (Phi) is 5.35. The lowest BCUT2D eigenvalue weighted by Gasteiger charge is -2.17. The van der Waals surface area contributed by atoms with Crippen LogP contribution in [-0.4, -0.2) is 27.4 Å². The van der Waals surface area contributed by atoms with E-state index in [4.69, 9.17) is 0 Å². The molecule has 0 spiro atoms. The number of hydrogen-bond acceptors (Lipinski definition) is 2. The van der Waals surface area contributed by atoms with E-state index in [1.807, 2.05) is 41.6 Å². The van der Waals surface area contributed by atoms with Crippen LogP contribution >= 0.6 is 0 Å². The monoisotopic (exact) mass is 271 g/mol. The summed E-state index contributed by atoms with van der Waals surface area (Å²) in [7, 11) is 0. The first kappa shape index (κ1) is 14.3. The molecule has 1 amide bonds. The minimum Gasteiger partial charge on any atom is -0.341 e. The zero-order valence-electron chi connectivity index (χ0n) is 11.9. The number of aromatic nitrogens is 2. The molecule has 2 rings (SSSR count). The van der Waals surface area contributed by atoms with Gasteiger partial charge in [-0.25, -0.2) is 4.98 Å². The van der Waals surface area contributed by atoms with E-state index in [9.17, 15) is 4.79 Å². The SMILES string of the molecule is CCc1cn(CCCN(C=O)Cc2ccccc2)cn1. The van der Waals surface area contributed by atoms with E-state index in [2.05, 4.69) is 22.7 Å². The van der Waals surface area contributed by atoms with Crippen molar-refractivity contribution in [3.05, 3.63) is 54.1 Å². The Balaban J connectivity index is 1.77. The average molecular weight is 271 g/mol. The summed E-state index contributed by atoms with van der Waals surface area (Å²) in [4.78, 5) is 17.2. The second-order valence-corrected chi connectivity index (χ2v) is 4.87. The van der Waals surface area contributed by atoms with Crippen LogP contribution in [0.5, 0.6) is 0 Å². The van der Waals surface area contributed by atoms with Crippen LogP contribution in [-0.2, 0) is 24.3 Å². The van der Waals surface area contributed by atoms with E-state index < -0.39 is 0 Å². The Morgan fingerprint density at radius 2 is 2.10 bits per heavy atom. The number of carbonyl (C=O) groups is 1. The van der Waals surface area contributed by atoms with Crippen LogP contribution in [0.2, 0.25) is 0 Å². The molecule has 0 N–H and O–H groups in total.